The molecule has 0 radical (unpaired) electrons. The molecule has 98 valence electrons. The van der Waals surface area contributed by atoms with E-state index in [1.54, 1.807) is 12.1 Å². The number of carbonyl (C=O) groups is 1. The number of nitrogens with one attached hydrogen (secondary N) is 1. The van der Waals surface area contributed by atoms with Crippen LogP contribution in [0.5, 0.6) is 5.75 Å². The van der Waals surface area contributed by atoms with E-state index in [9.17, 15) is 4.79 Å². The number of anilines is 1. The fourth-order valence-corrected chi connectivity index (χ4v) is 1.63. The second-order valence-corrected chi connectivity index (χ2v) is 4.28. The third-order valence-electron chi connectivity index (χ3n) is 2.97. The van der Waals surface area contributed by atoms with Crippen LogP contribution in [0.1, 0.15) is 21.5 Å². The summed E-state index contributed by atoms with van der Waals surface area (Å²) in [4.78, 5) is 16.2. The lowest BCUT2D eigenvalue weighted by Crippen LogP contribution is -2.06. The van der Waals surface area contributed by atoms with Gasteiger partial charge in [0, 0.05) is 0 Å². The normalized spacial score (nSPS) is 10.0. The molecule has 4 nitrogen and oxygen atoms in total. The number of hydrogen-bond donors (Lipinski definition) is 2. The third-order valence-corrected chi connectivity index (χ3v) is 2.97. The van der Waals surface area contributed by atoms with Crippen LogP contribution >= 0.6 is 0 Å². The molecule has 19 heavy (non-hydrogen) atoms. The summed E-state index contributed by atoms with van der Waals surface area (Å²) >= 11 is 0. The SMILES string of the molecule is Cc1cccc(ONc2ccc(C(=O)O)cc2)c1C. The summed E-state index contributed by atoms with van der Waals surface area (Å²) in [7, 11) is 0. The Bertz CT molecular complexity index is 591. The average molecular weight is 257 g/mol. The number of rotatable bonds is 4. The molecule has 2 aromatic rings. The number of aryl methyl sites for hydroxylation is 1. The van der Waals surface area contributed by atoms with Gasteiger partial charge in [-0.3, -0.25) is 0 Å². The summed E-state index contributed by atoms with van der Waals surface area (Å²) in [6, 6.07) is 12.2. The molecule has 0 unspecified atom stereocenters. The first-order chi connectivity index (χ1) is 9.08. The van der Waals surface area contributed by atoms with Crippen molar-refractivity contribution < 1.29 is 14.7 Å². The number of aromatic carboxylic acids is 1. The highest BCUT2D eigenvalue weighted by molar-refractivity contribution is 5.87. The van der Waals surface area contributed by atoms with Crippen molar-refractivity contribution in [2.45, 2.75) is 13.8 Å². The topological polar surface area (TPSA) is 58.6 Å². The first-order valence-electron chi connectivity index (χ1n) is 5.90. The van der Waals surface area contributed by atoms with Gasteiger partial charge in [0.05, 0.1) is 11.3 Å². The third kappa shape index (κ3) is 3.04. The van der Waals surface area contributed by atoms with Gasteiger partial charge in [0.15, 0.2) is 5.75 Å². The Hall–Kier alpha value is -2.49. The molecule has 0 aromatic heterocycles. The van der Waals surface area contributed by atoms with Crippen molar-refractivity contribution in [3.63, 3.8) is 0 Å². The lowest BCUT2D eigenvalue weighted by molar-refractivity contribution is 0.0697. The number of hydrogen-bond acceptors (Lipinski definition) is 3. The lowest BCUT2D eigenvalue weighted by atomic mass is 10.1. The molecule has 0 aliphatic carbocycles. The largest absolute Gasteiger partial charge is 0.478 e. The Balaban J connectivity index is 2.06. The van der Waals surface area contributed by atoms with Crippen LogP contribution in [0.3, 0.4) is 0 Å². The zero-order chi connectivity index (χ0) is 13.8. The van der Waals surface area contributed by atoms with Crippen LogP contribution in [0.25, 0.3) is 0 Å². The first kappa shape index (κ1) is 13.0. The second kappa shape index (κ2) is 5.44. The van der Waals surface area contributed by atoms with Crippen LogP contribution in [0.2, 0.25) is 0 Å². The predicted octanol–water partition coefficient (Wildman–Crippen LogP) is 3.41. The van der Waals surface area contributed by atoms with Crippen molar-refractivity contribution in [3.8, 4) is 5.75 Å². The molecule has 0 bridgehead atoms. The number of benzene rings is 2. The Kier molecular flexibility index (Phi) is 3.71. The summed E-state index contributed by atoms with van der Waals surface area (Å²) in [5.41, 5.74) is 5.97. The summed E-state index contributed by atoms with van der Waals surface area (Å²) < 4.78 is 0. The van der Waals surface area contributed by atoms with E-state index in [1.807, 2.05) is 32.0 Å². The molecule has 0 saturated carbocycles. The molecule has 0 heterocycles. The highest BCUT2D eigenvalue weighted by Crippen LogP contribution is 2.21. The Morgan fingerprint density at radius 3 is 2.42 bits per heavy atom. The van der Waals surface area contributed by atoms with Gasteiger partial charge in [-0.25, -0.2) is 10.3 Å². The van der Waals surface area contributed by atoms with E-state index in [0.717, 1.165) is 16.9 Å². The Labute approximate surface area is 111 Å². The molecule has 0 fully saturated rings. The summed E-state index contributed by atoms with van der Waals surface area (Å²) in [5, 5.41) is 8.80. The molecular weight excluding hydrogens is 242 g/mol. The molecule has 0 spiro atoms. The van der Waals surface area contributed by atoms with Gasteiger partial charge < -0.3 is 9.94 Å². The van der Waals surface area contributed by atoms with E-state index in [0.29, 0.717) is 5.69 Å². The molecule has 2 N–H and O–H groups in total. The predicted molar refractivity (Wildman–Crippen MR) is 73.6 cm³/mol. The molecule has 4 heteroatoms. The summed E-state index contributed by atoms with van der Waals surface area (Å²) in [5.74, 6) is -0.190. The van der Waals surface area contributed by atoms with Crippen LogP contribution in [-0.4, -0.2) is 11.1 Å². The van der Waals surface area contributed by atoms with Crippen molar-refractivity contribution in [3.05, 3.63) is 59.2 Å². The lowest BCUT2D eigenvalue weighted by Gasteiger charge is -2.11. The van der Waals surface area contributed by atoms with Crippen molar-refractivity contribution in [2.75, 3.05) is 5.48 Å². The van der Waals surface area contributed by atoms with Gasteiger partial charge in [-0.15, -0.1) is 0 Å². The standard InChI is InChI=1S/C15H15NO3/c1-10-4-3-5-14(11(10)2)19-16-13-8-6-12(7-9-13)15(17)18/h3-9,16H,1-2H3,(H,17,18). The van der Waals surface area contributed by atoms with Gasteiger partial charge >= 0.3 is 5.97 Å². The monoisotopic (exact) mass is 257 g/mol. The maximum atomic E-state index is 10.7. The number of carboxylic acid groups (broad SMARTS) is 1. The second-order valence-electron chi connectivity index (χ2n) is 4.28. The van der Waals surface area contributed by atoms with E-state index in [-0.39, 0.29) is 5.56 Å². The van der Waals surface area contributed by atoms with Gasteiger partial charge in [-0.05, 0) is 55.3 Å². The minimum Gasteiger partial charge on any atom is -0.478 e. The molecule has 2 rings (SSSR count). The average Bonchev–Trinajstić information content (AvgIpc) is 2.41. The number of carboxylic acids is 1. The maximum absolute atomic E-state index is 10.7. The van der Waals surface area contributed by atoms with Gasteiger partial charge in [0.2, 0.25) is 0 Å². The van der Waals surface area contributed by atoms with Crippen LogP contribution in [-0.2, 0) is 0 Å². The van der Waals surface area contributed by atoms with E-state index in [4.69, 9.17) is 9.94 Å². The van der Waals surface area contributed by atoms with Crippen LogP contribution < -0.4 is 10.3 Å². The van der Waals surface area contributed by atoms with Crippen LogP contribution in [0.15, 0.2) is 42.5 Å². The van der Waals surface area contributed by atoms with Gasteiger partial charge in [0.25, 0.3) is 0 Å². The molecule has 0 amide bonds. The minimum atomic E-state index is -0.943. The highest BCUT2D eigenvalue weighted by atomic mass is 16.6. The molecule has 0 aliphatic heterocycles. The smallest absolute Gasteiger partial charge is 0.335 e. The zero-order valence-corrected chi connectivity index (χ0v) is 10.8. The molecule has 2 aromatic carbocycles. The van der Waals surface area contributed by atoms with Crippen molar-refractivity contribution >= 4 is 11.7 Å². The van der Waals surface area contributed by atoms with Crippen molar-refractivity contribution in [1.82, 2.24) is 0 Å². The molecule has 0 atom stereocenters. The Morgan fingerprint density at radius 1 is 1.11 bits per heavy atom. The zero-order valence-electron chi connectivity index (χ0n) is 10.8. The van der Waals surface area contributed by atoms with Gasteiger partial charge in [-0.2, -0.15) is 0 Å². The van der Waals surface area contributed by atoms with E-state index in [2.05, 4.69) is 5.48 Å². The Morgan fingerprint density at radius 2 is 1.79 bits per heavy atom. The molecular formula is C15H15NO3. The van der Waals surface area contributed by atoms with Crippen molar-refractivity contribution in [2.24, 2.45) is 0 Å². The minimum absolute atomic E-state index is 0.247. The quantitative estimate of drug-likeness (QED) is 0.824. The van der Waals surface area contributed by atoms with Gasteiger partial charge in [0.1, 0.15) is 0 Å². The van der Waals surface area contributed by atoms with Gasteiger partial charge in [-0.1, -0.05) is 12.1 Å². The van der Waals surface area contributed by atoms with Crippen LogP contribution in [0.4, 0.5) is 5.69 Å². The molecule has 0 aliphatic rings. The van der Waals surface area contributed by atoms with E-state index < -0.39 is 5.97 Å². The fraction of sp³-hybridized carbons (Fsp3) is 0.133. The van der Waals surface area contributed by atoms with E-state index >= 15 is 0 Å². The summed E-state index contributed by atoms with van der Waals surface area (Å²) in [6.07, 6.45) is 0. The highest BCUT2D eigenvalue weighted by Gasteiger charge is 2.04. The summed E-state index contributed by atoms with van der Waals surface area (Å²) in [6.45, 7) is 4.00. The first-order valence-corrected chi connectivity index (χ1v) is 5.90. The van der Waals surface area contributed by atoms with Crippen molar-refractivity contribution in [1.29, 1.82) is 0 Å². The fourth-order valence-electron chi connectivity index (χ4n) is 1.63. The molecule has 0 saturated heterocycles. The maximum Gasteiger partial charge on any atom is 0.335 e. The van der Waals surface area contributed by atoms with E-state index in [1.165, 1.54) is 12.1 Å². The van der Waals surface area contributed by atoms with Crippen LogP contribution in [0, 0.1) is 13.8 Å².